The largest absolute Gasteiger partial charge is 0.437 e. The summed E-state index contributed by atoms with van der Waals surface area (Å²) in [6, 6.07) is 17.0. The number of nitrogens with one attached hydrogen (secondary N) is 2. The minimum atomic E-state index is -0.182. The number of nitrogens with zero attached hydrogens (tertiary/aromatic N) is 2. The van der Waals surface area contributed by atoms with Crippen LogP contribution in [0.1, 0.15) is 21.7 Å². The van der Waals surface area contributed by atoms with E-state index < -0.39 is 0 Å². The Bertz CT molecular complexity index is 1050. The molecule has 0 saturated carbocycles. The molecule has 0 bridgehead atoms. The molecule has 6 nitrogen and oxygen atoms in total. The Hall–Kier alpha value is -3.67. The molecule has 0 unspecified atom stereocenters. The Kier molecular flexibility index (Phi) is 4.53. The van der Waals surface area contributed by atoms with Crippen molar-refractivity contribution in [3.8, 4) is 11.6 Å². The number of para-hydroxylation sites is 1. The summed E-state index contributed by atoms with van der Waals surface area (Å²) in [6.07, 6.45) is 3.30. The van der Waals surface area contributed by atoms with E-state index in [0.717, 1.165) is 22.2 Å². The Morgan fingerprint density at radius 3 is 2.81 bits per heavy atom. The number of H-pyrrole nitrogens is 1. The van der Waals surface area contributed by atoms with E-state index in [1.54, 1.807) is 12.4 Å². The van der Waals surface area contributed by atoms with Crippen LogP contribution in [0.25, 0.3) is 10.9 Å². The number of hydrogen-bond acceptors (Lipinski definition) is 4. The van der Waals surface area contributed by atoms with Crippen LogP contribution in [0.15, 0.2) is 67.0 Å². The molecule has 134 valence electrons. The maximum atomic E-state index is 12.5. The smallest absolute Gasteiger partial charge is 0.267 e. The fourth-order valence-corrected chi connectivity index (χ4v) is 2.74. The van der Waals surface area contributed by atoms with Crippen LogP contribution in [-0.4, -0.2) is 20.9 Å². The molecular weight excluding hydrogens is 340 g/mol. The highest BCUT2D eigenvalue weighted by atomic mass is 16.5. The predicted octanol–water partition coefficient (Wildman–Crippen LogP) is 3.99. The van der Waals surface area contributed by atoms with Gasteiger partial charge in [0.2, 0.25) is 5.88 Å². The van der Waals surface area contributed by atoms with Crippen molar-refractivity contribution in [3.63, 3.8) is 0 Å². The third-order valence-electron chi connectivity index (χ3n) is 4.16. The number of carbonyl (C=O) groups is 1. The number of ether oxygens (including phenoxy) is 1. The molecule has 3 aromatic heterocycles. The Morgan fingerprint density at radius 2 is 2.00 bits per heavy atom. The molecule has 0 aliphatic heterocycles. The van der Waals surface area contributed by atoms with Crippen LogP contribution >= 0.6 is 0 Å². The average Bonchev–Trinajstić information content (AvgIpc) is 3.13. The zero-order valence-electron chi connectivity index (χ0n) is 14.8. The second kappa shape index (κ2) is 7.29. The lowest BCUT2D eigenvalue weighted by Crippen LogP contribution is -2.23. The van der Waals surface area contributed by atoms with Gasteiger partial charge in [0.05, 0.1) is 6.20 Å². The van der Waals surface area contributed by atoms with Crippen LogP contribution < -0.4 is 10.1 Å². The monoisotopic (exact) mass is 358 g/mol. The number of hydrogen-bond donors (Lipinski definition) is 2. The standard InChI is InChI=1S/C21H18N4O2/c1-14-8-9-17(13-23-14)27-21-16(6-4-10-22-21)12-24-20(26)19-11-15-5-2-3-7-18(15)25-19/h2-11,13,25H,12H2,1H3,(H,24,26). The Morgan fingerprint density at radius 1 is 1.11 bits per heavy atom. The van der Waals surface area contributed by atoms with Crippen molar-refractivity contribution in [1.29, 1.82) is 0 Å². The predicted molar refractivity (Wildman–Crippen MR) is 103 cm³/mol. The van der Waals surface area contributed by atoms with E-state index in [2.05, 4.69) is 20.3 Å². The summed E-state index contributed by atoms with van der Waals surface area (Å²) in [5, 5.41) is 3.91. The number of aromatic nitrogens is 3. The number of aromatic amines is 1. The summed E-state index contributed by atoms with van der Waals surface area (Å²) in [5.41, 5.74) is 3.14. The molecule has 2 N–H and O–H groups in total. The van der Waals surface area contributed by atoms with Gasteiger partial charge in [0.1, 0.15) is 11.4 Å². The molecule has 0 aliphatic rings. The molecule has 0 atom stereocenters. The lowest BCUT2D eigenvalue weighted by molar-refractivity contribution is 0.0946. The average molecular weight is 358 g/mol. The van der Waals surface area contributed by atoms with E-state index >= 15 is 0 Å². The van der Waals surface area contributed by atoms with Crippen molar-refractivity contribution in [2.45, 2.75) is 13.5 Å². The normalized spacial score (nSPS) is 10.7. The fraction of sp³-hybridized carbons (Fsp3) is 0.0952. The van der Waals surface area contributed by atoms with Crippen molar-refractivity contribution >= 4 is 16.8 Å². The molecule has 0 spiro atoms. The number of fused-ring (bicyclic) bond motifs is 1. The first kappa shape index (κ1) is 16.8. The second-order valence-corrected chi connectivity index (χ2v) is 6.16. The molecule has 0 aliphatic carbocycles. The first-order chi connectivity index (χ1) is 13.2. The van der Waals surface area contributed by atoms with Gasteiger partial charge in [-0.05, 0) is 37.3 Å². The van der Waals surface area contributed by atoms with Crippen molar-refractivity contribution in [3.05, 3.63) is 83.9 Å². The van der Waals surface area contributed by atoms with Crippen molar-refractivity contribution in [2.75, 3.05) is 0 Å². The molecule has 0 radical (unpaired) electrons. The summed E-state index contributed by atoms with van der Waals surface area (Å²) in [5.74, 6) is 0.862. The number of amides is 1. The zero-order valence-corrected chi connectivity index (χ0v) is 14.8. The van der Waals surface area contributed by atoms with Crippen molar-refractivity contribution < 1.29 is 9.53 Å². The molecular formula is C21H18N4O2. The highest BCUT2D eigenvalue weighted by Crippen LogP contribution is 2.22. The summed E-state index contributed by atoms with van der Waals surface area (Å²) in [6.45, 7) is 2.21. The zero-order chi connectivity index (χ0) is 18.6. The summed E-state index contributed by atoms with van der Waals surface area (Å²) < 4.78 is 5.82. The van der Waals surface area contributed by atoms with E-state index in [0.29, 0.717) is 23.9 Å². The lowest BCUT2D eigenvalue weighted by atomic mass is 10.2. The first-order valence-corrected chi connectivity index (χ1v) is 8.59. The molecule has 6 heteroatoms. The molecule has 4 aromatic rings. The number of pyridine rings is 2. The molecule has 3 heterocycles. The van der Waals surface area contributed by atoms with Gasteiger partial charge in [-0.1, -0.05) is 24.3 Å². The number of rotatable bonds is 5. The van der Waals surface area contributed by atoms with E-state index in [4.69, 9.17) is 4.74 Å². The highest BCUT2D eigenvalue weighted by molar-refractivity contribution is 5.97. The van der Waals surface area contributed by atoms with Crippen molar-refractivity contribution in [1.82, 2.24) is 20.3 Å². The van der Waals surface area contributed by atoms with Gasteiger partial charge in [-0.25, -0.2) is 4.98 Å². The number of carbonyl (C=O) groups excluding carboxylic acids is 1. The topological polar surface area (TPSA) is 79.9 Å². The third-order valence-corrected chi connectivity index (χ3v) is 4.16. The fourth-order valence-electron chi connectivity index (χ4n) is 2.74. The van der Waals surface area contributed by atoms with Gasteiger partial charge in [-0.15, -0.1) is 0 Å². The van der Waals surface area contributed by atoms with Gasteiger partial charge in [-0.2, -0.15) is 0 Å². The highest BCUT2D eigenvalue weighted by Gasteiger charge is 2.12. The van der Waals surface area contributed by atoms with Crippen LogP contribution in [0.4, 0.5) is 0 Å². The van der Waals surface area contributed by atoms with Crippen LogP contribution in [0.5, 0.6) is 11.6 Å². The second-order valence-electron chi connectivity index (χ2n) is 6.16. The Labute approximate surface area is 156 Å². The summed E-state index contributed by atoms with van der Waals surface area (Å²) >= 11 is 0. The van der Waals surface area contributed by atoms with Crippen molar-refractivity contribution in [2.24, 2.45) is 0 Å². The Balaban J connectivity index is 1.47. The van der Waals surface area contributed by atoms with Gasteiger partial charge in [-0.3, -0.25) is 9.78 Å². The summed E-state index contributed by atoms with van der Waals surface area (Å²) in [4.78, 5) is 24.1. The quantitative estimate of drug-likeness (QED) is 0.565. The molecule has 1 amide bonds. The first-order valence-electron chi connectivity index (χ1n) is 8.59. The van der Waals surface area contributed by atoms with Crippen LogP contribution in [0, 0.1) is 6.92 Å². The maximum absolute atomic E-state index is 12.5. The van der Waals surface area contributed by atoms with Crippen LogP contribution in [0.2, 0.25) is 0 Å². The number of aryl methyl sites for hydroxylation is 1. The third kappa shape index (κ3) is 3.79. The van der Waals surface area contributed by atoms with Gasteiger partial charge >= 0.3 is 0 Å². The van der Waals surface area contributed by atoms with E-state index in [9.17, 15) is 4.79 Å². The van der Waals surface area contributed by atoms with Crippen LogP contribution in [0.3, 0.4) is 0 Å². The van der Waals surface area contributed by atoms with E-state index in [1.165, 1.54) is 0 Å². The molecule has 27 heavy (non-hydrogen) atoms. The molecule has 4 rings (SSSR count). The summed E-state index contributed by atoms with van der Waals surface area (Å²) in [7, 11) is 0. The minimum Gasteiger partial charge on any atom is -0.437 e. The van der Waals surface area contributed by atoms with Gasteiger partial charge in [0.15, 0.2) is 0 Å². The van der Waals surface area contributed by atoms with E-state index in [-0.39, 0.29) is 5.91 Å². The number of benzene rings is 1. The minimum absolute atomic E-state index is 0.182. The van der Waals surface area contributed by atoms with Gasteiger partial charge in [0.25, 0.3) is 5.91 Å². The molecule has 0 saturated heterocycles. The SMILES string of the molecule is Cc1ccc(Oc2ncccc2CNC(=O)c2cc3ccccc3[nH]2)cn1. The lowest BCUT2D eigenvalue weighted by Gasteiger charge is -2.10. The van der Waals surface area contributed by atoms with E-state index in [1.807, 2.05) is 61.5 Å². The van der Waals surface area contributed by atoms with Gasteiger partial charge < -0.3 is 15.0 Å². The maximum Gasteiger partial charge on any atom is 0.267 e. The van der Waals surface area contributed by atoms with Gasteiger partial charge in [0, 0.05) is 34.9 Å². The molecule has 0 fully saturated rings. The van der Waals surface area contributed by atoms with Crippen LogP contribution in [-0.2, 0) is 6.54 Å². The molecule has 1 aromatic carbocycles.